The van der Waals surface area contributed by atoms with E-state index < -0.39 is 11.9 Å². The van der Waals surface area contributed by atoms with Crippen LogP contribution in [0.3, 0.4) is 0 Å². The van der Waals surface area contributed by atoms with Crippen LogP contribution in [0.2, 0.25) is 0 Å². The first-order valence-electron chi connectivity index (χ1n) is 6.52. The third-order valence-corrected chi connectivity index (χ3v) is 3.77. The number of likely N-dealkylation sites (N-methyl/N-ethyl adjacent to an activating group) is 1. The lowest BCUT2D eigenvalue weighted by molar-refractivity contribution is -0.141. The van der Waals surface area contributed by atoms with Crippen LogP contribution in [0.15, 0.2) is 6.07 Å². The number of piperazine rings is 1. The summed E-state index contributed by atoms with van der Waals surface area (Å²) in [5.41, 5.74) is 0.932. The first kappa shape index (κ1) is 15.8. The van der Waals surface area contributed by atoms with Crippen LogP contribution in [0.1, 0.15) is 19.5 Å². The molecule has 0 saturated carbocycles. The normalized spacial score (nSPS) is 19.7. The lowest BCUT2D eigenvalue weighted by Gasteiger charge is -2.45. The third-order valence-electron chi connectivity index (χ3n) is 3.77. The minimum Gasteiger partial charge on any atom is -0.353 e. The molecule has 1 aliphatic heterocycles. The Hall–Kier alpha value is -1.61. The van der Waals surface area contributed by atoms with Gasteiger partial charge in [-0.3, -0.25) is 10.3 Å². The lowest BCUT2D eigenvalue weighted by atomic mass is 10.00. The Morgan fingerprint density at radius 3 is 2.48 bits per heavy atom. The van der Waals surface area contributed by atoms with Gasteiger partial charge in [0.1, 0.15) is 5.82 Å². The van der Waals surface area contributed by atoms with Crippen LogP contribution >= 0.6 is 0 Å². The molecule has 0 aliphatic carbocycles. The van der Waals surface area contributed by atoms with Crippen molar-refractivity contribution in [1.29, 1.82) is 0 Å². The zero-order valence-corrected chi connectivity index (χ0v) is 12.2. The molecular formula is C12H19F3N6. The molecule has 0 amide bonds. The number of anilines is 2. The van der Waals surface area contributed by atoms with E-state index in [1.165, 1.54) is 0 Å². The standard InChI is InChI=1S/C12H19F3N6/c1-11(2)7-21(5-4-20(11)3)9-6-8(12(13,14)15)17-10(18-9)19-16/h6H,4-5,7,16H2,1-3H3,(H,17,18,19). The van der Waals surface area contributed by atoms with Crippen molar-refractivity contribution < 1.29 is 13.2 Å². The number of hydrogen-bond donors (Lipinski definition) is 2. The van der Waals surface area contributed by atoms with E-state index in [0.717, 1.165) is 12.6 Å². The second kappa shape index (κ2) is 5.30. The number of hydrazine groups is 1. The molecule has 6 nitrogen and oxygen atoms in total. The molecule has 1 fully saturated rings. The summed E-state index contributed by atoms with van der Waals surface area (Å²) >= 11 is 0. The molecule has 1 aromatic heterocycles. The highest BCUT2D eigenvalue weighted by Gasteiger charge is 2.36. The van der Waals surface area contributed by atoms with Crippen molar-refractivity contribution in [3.05, 3.63) is 11.8 Å². The molecule has 1 saturated heterocycles. The van der Waals surface area contributed by atoms with E-state index in [1.807, 2.05) is 25.8 Å². The molecule has 0 spiro atoms. The highest BCUT2D eigenvalue weighted by atomic mass is 19.4. The van der Waals surface area contributed by atoms with Gasteiger partial charge in [0.15, 0.2) is 5.69 Å². The molecule has 21 heavy (non-hydrogen) atoms. The first-order valence-corrected chi connectivity index (χ1v) is 6.52. The number of hydrogen-bond acceptors (Lipinski definition) is 6. The predicted octanol–water partition coefficient (Wildman–Crippen LogP) is 1.31. The molecule has 2 heterocycles. The second-order valence-electron chi connectivity index (χ2n) is 5.73. The summed E-state index contributed by atoms with van der Waals surface area (Å²) in [5, 5.41) is 0. The maximum atomic E-state index is 12.9. The molecule has 118 valence electrons. The number of nitrogens with two attached hydrogens (primary N) is 1. The average Bonchev–Trinajstić information content (AvgIpc) is 2.40. The van der Waals surface area contributed by atoms with Crippen molar-refractivity contribution in [2.45, 2.75) is 25.6 Å². The van der Waals surface area contributed by atoms with Crippen LogP contribution in [0.4, 0.5) is 24.9 Å². The summed E-state index contributed by atoms with van der Waals surface area (Å²) < 4.78 is 38.6. The Bertz CT molecular complexity index is 516. The van der Waals surface area contributed by atoms with E-state index in [0.29, 0.717) is 13.1 Å². The molecule has 1 aromatic rings. The minimum absolute atomic E-state index is 0.155. The number of alkyl halides is 3. The van der Waals surface area contributed by atoms with Gasteiger partial charge in [-0.25, -0.2) is 10.8 Å². The quantitative estimate of drug-likeness (QED) is 0.634. The topological polar surface area (TPSA) is 70.3 Å². The van der Waals surface area contributed by atoms with Crippen molar-refractivity contribution in [3.63, 3.8) is 0 Å². The van der Waals surface area contributed by atoms with E-state index in [9.17, 15) is 13.2 Å². The Morgan fingerprint density at radius 2 is 1.95 bits per heavy atom. The van der Waals surface area contributed by atoms with Crippen molar-refractivity contribution in [1.82, 2.24) is 14.9 Å². The van der Waals surface area contributed by atoms with Crippen molar-refractivity contribution in [3.8, 4) is 0 Å². The lowest BCUT2D eigenvalue weighted by Crippen LogP contribution is -2.58. The summed E-state index contributed by atoms with van der Waals surface area (Å²) in [5.74, 6) is 5.16. The van der Waals surface area contributed by atoms with Gasteiger partial charge in [-0.1, -0.05) is 0 Å². The SMILES string of the molecule is CN1CCN(c2cc(C(F)(F)F)nc(NN)n2)CC1(C)C. The molecule has 0 unspecified atom stereocenters. The molecule has 0 aromatic carbocycles. The van der Waals surface area contributed by atoms with E-state index in [2.05, 4.69) is 20.3 Å². The summed E-state index contributed by atoms with van der Waals surface area (Å²) in [6.45, 7) is 5.98. The van der Waals surface area contributed by atoms with Crippen LogP contribution < -0.4 is 16.2 Å². The number of nitrogen functional groups attached to an aromatic ring is 1. The molecule has 0 bridgehead atoms. The fraction of sp³-hybridized carbons (Fsp3) is 0.667. The highest BCUT2D eigenvalue weighted by Crippen LogP contribution is 2.31. The van der Waals surface area contributed by atoms with Gasteiger partial charge in [-0.2, -0.15) is 18.2 Å². The number of rotatable bonds is 2. The molecule has 9 heteroatoms. The molecule has 2 rings (SSSR count). The Morgan fingerprint density at radius 1 is 1.29 bits per heavy atom. The van der Waals surface area contributed by atoms with Gasteiger partial charge in [-0.15, -0.1) is 0 Å². The van der Waals surface area contributed by atoms with Gasteiger partial charge in [-0.05, 0) is 20.9 Å². The van der Waals surface area contributed by atoms with Crippen molar-refractivity contribution in [2.24, 2.45) is 5.84 Å². The van der Waals surface area contributed by atoms with Gasteiger partial charge in [0.2, 0.25) is 5.95 Å². The number of nitrogens with zero attached hydrogens (tertiary/aromatic N) is 4. The summed E-state index contributed by atoms with van der Waals surface area (Å²) in [7, 11) is 1.99. The van der Waals surface area contributed by atoms with Gasteiger partial charge in [0.05, 0.1) is 0 Å². The summed E-state index contributed by atoms with van der Waals surface area (Å²) in [6.07, 6.45) is -4.54. The molecular weight excluding hydrogens is 285 g/mol. The van der Waals surface area contributed by atoms with Crippen LogP contribution in [-0.4, -0.2) is 47.1 Å². The monoisotopic (exact) mass is 304 g/mol. The number of halogens is 3. The smallest absolute Gasteiger partial charge is 0.353 e. The third kappa shape index (κ3) is 3.35. The molecule has 3 N–H and O–H groups in total. The van der Waals surface area contributed by atoms with Crippen LogP contribution in [0.5, 0.6) is 0 Å². The van der Waals surface area contributed by atoms with Crippen LogP contribution in [0.25, 0.3) is 0 Å². The predicted molar refractivity (Wildman–Crippen MR) is 73.8 cm³/mol. The van der Waals surface area contributed by atoms with E-state index in [-0.39, 0.29) is 17.3 Å². The number of aromatic nitrogens is 2. The maximum absolute atomic E-state index is 12.9. The summed E-state index contributed by atoms with van der Waals surface area (Å²) in [4.78, 5) is 11.4. The Labute approximate surface area is 121 Å². The van der Waals surface area contributed by atoms with Crippen molar-refractivity contribution in [2.75, 3.05) is 37.0 Å². The zero-order chi connectivity index (χ0) is 15.8. The van der Waals surface area contributed by atoms with Gasteiger partial charge >= 0.3 is 6.18 Å². The van der Waals surface area contributed by atoms with Crippen LogP contribution in [0, 0.1) is 0 Å². The van der Waals surface area contributed by atoms with Gasteiger partial charge in [0, 0.05) is 31.2 Å². The molecule has 0 atom stereocenters. The molecule has 1 aliphatic rings. The molecule has 0 radical (unpaired) electrons. The van der Waals surface area contributed by atoms with E-state index >= 15 is 0 Å². The van der Waals surface area contributed by atoms with E-state index in [1.54, 1.807) is 0 Å². The van der Waals surface area contributed by atoms with Crippen LogP contribution in [-0.2, 0) is 6.18 Å². The zero-order valence-electron chi connectivity index (χ0n) is 12.2. The fourth-order valence-corrected chi connectivity index (χ4v) is 2.24. The second-order valence-corrected chi connectivity index (χ2v) is 5.73. The highest BCUT2D eigenvalue weighted by molar-refractivity contribution is 5.46. The summed E-state index contributed by atoms with van der Waals surface area (Å²) in [6, 6.07) is 0.961. The minimum atomic E-state index is -4.54. The van der Waals surface area contributed by atoms with Gasteiger partial charge in [0.25, 0.3) is 0 Å². The average molecular weight is 304 g/mol. The largest absolute Gasteiger partial charge is 0.433 e. The first-order chi connectivity index (χ1) is 9.63. The maximum Gasteiger partial charge on any atom is 0.433 e. The fourth-order valence-electron chi connectivity index (χ4n) is 2.24. The number of nitrogens with one attached hydrogen (secondary N) is 1. The Kier molecular flexibility index (Phi) is 3.98. The van der Waals surface area contributed by atoms with Crippen molar-refractivity contribution >= 4 is 11.8 Å². The Balaban J connectivity index is 2.35. The van der Waals surface area contributed by atoms with Gasteiger partial charge < -0.3 is 4.90 Å². The van der Waals surface area contributed by atoms with E-state index in [4.69, 9.17) is 5.84 Å².